The fourth-order valence-electron chi connectivity index (χ4n) is 2.41. The molecule has 1 amide bonds. The van der Waals surface area contributed by atoms with Gasteiger partial charge in [0.2, 0.25) is 0 Å². The molecular formula is C19H20ClNO4. The second kappa shape index (κ2) is 9.20. The number of carbonyl (C=O) groups excluding carboxylic acids is 2. The van der Waals surface area contributed by atoms with E-state index in [1.165, 1.54) is 7.11 Å². The largest absolute Gasteiger partial charge is 0.469 e. The minimum Gasteiger partial charge on any atom is -0.469 e. The van der Waals surface area contributed by atoms with Gasteiger partial charge in [0.15, 0.2) is 0 Å². The second-order valence-corrected chi connectivity index (χ2v) is 5.93. The van der Waals surface area contributed by atoms with Gasteiger partial charge in [-0.3, -0.25) is 9.59 Å². The van der Waals surface area contributed by atoms with Crippen molar-refractivity contribution in [3.05, 3.63) is 70.2 Å². The van der Waals surface area contributed by atoms with Crippen LogP contribution >= 0.6 is 11.6 Å². The van der Waals surface area contributed by atoms with E-state index in [2.05, 4.69) is 5.32 Å². The minimum absolute atomic E-state index is 0.0294. The van der Waals surface area contributed by atoms with Crippen LogP contribution in [0, 0.1) is 0 Å². The van der Waals surface area contributed by atoms with Gasteiger partial charge in [0.1, 0.15) is 0 Å². The third-order valence-electron chi connectivity index (χ3n) is 3.68. The molecule has 5 nitrogen and oxygen atoms in total. The summed E-state index contributed by atoms with van der Waals surface area (Å²) in [6.07, 6.45) is 0.0294. The zero-order valence-electron chi connectivity index (χ0n) is 14.1. The number of halogens is 1. The molecule has 2 rings (SSSR count). The first-order valence-electron chi connectivity index (χ1n) is 7.74. The summed E-state index contributed by atoms with van der Waals surface area (Å²) in [5.74, 6) is -0.685. The average Bonchev–Trinajstić information content (AvgIpc) is 2.62. The molecular weight excluding hydrogens is 342 g/mol. The summed E-state index contributed by atoms with van der Waals surface area (Å²) < 4.78 is 9.82. The van der Waals surface area contributed by atoms with Crippen molar-refractivity contribution < 1.29 is 19.1 Å². The van der Waals surface area contributed by atoms with Crippen molar-refractivity contribution >= 4 is 23.5 Å². The maximum atomic E-state index is 12.6. The molecule has 1 unspecified atom stereocenters. The van der Waals surface area contributed by atoms with Crippen molar-refractivity contribution in [2.75, 3.05) is 14.2 Å². The molecule has 0 heterocycles. The first kappa shape index (κ1) is 19.0. The van der Waals surface area contributed by atoms with E-state index >= 15 is 0 Å². The predicted molar refractivity (Wildman–Crippen MR) is 95.4 cm³/mol. The van der Waals surface area contributed by atoms with Gasteiger partial charge in [-0.15, -0.1) is 0 Å². The molecule has 0 bridgehead atoms. The highest BCUT2D eigenvalue weighted by molar-refractivity contribution is 6.30. The molecule has 1 N–H and O–H groups in total. The standard InChI is InChI=1S/C19H20ClNO4/c1-24-12-13-4-3-5-15(10-13)19(23)21-17(11-18(22)25-2)14-6-8-16(20)9-7-14/h3-10,17H,11-12H2,1-2H3,(H,21,23). The molecule has 1 atom stereocenters. The Morgan fingerprint density at radius 3 is 2.48 bits per heavy atom. The Kier molecular flexibility index (Phi) is 6.98. The van der Waals surface area contributed by atoms with E-state index < -0.39 is 12.0 Å². The van der Waals surface area contributed by atoms with Crippen LogP contribution in [0.3, 0.4) is 0 Å². The highest BCUT2D eigenvalue weighted by atomic mass is 35.5. The van der Waals surface area contributed by atoms with Crippen molar-refractivity contribution in [2.24, 2.45) is 0 Å². The van der Waals surface area contributed by atoms with Crippen LogP contribution in [-0.2, 0) is 20.9 Å². The lowest BCUT2D eigenvalue weighted by atomic mass is 10.0. The molecule has 0 aliphatic carbocycles. The van der Waals surface area contributed by atoms with Crippen LogP contribution in [0.5, 0.6) is 0 Å². The van der Waals surface area contributed by atoms with Crippen LogP contribution < -0.4 is 5.32 Å². The summed E-state index contributed by atoms with van der Waals surface area (Å²) in [6, 6.07) is 13.6. The number of hydrogen-bond acceptors (Lipinski definition) is 4. The van der Waals surface area contributed by atoms with Gasteiger partial charge < -0.3 is 14.8 Å². The predicted octanol–water partition coefficient (Wildman–Crippen LogP) is 3.52. The number of rotatable bonds is 7. The molecule has 2 aromatic carbocycles. The van der Waals surface area contributed by atoms with Gasteiger partial charge in [0.25, 0.3) is 5.91 Å². The zero-order valence-corrected chi connectivity index (χ0v) is 14.9. The Hall–Kier alpha value is -2.37. The molecule has 0 saturated carbocycles. The van der Waals surface area contributed by atoms with Crippen molar-refractivity contribution in [1.29, 1.82) is 0 Å². The van der Waals surface area contributed by atoms with Crippen molar-refractivity contribution in [3.63, 3.8) is 0 Å². The molecule has 0 aliphatic rings. The van der Waals surface area contributed by atoms with Gasteiger partial charge in [-0.05, 0) is 35.4 Å². The Bertz CT molecular complexity index is 730. The monoisotopic (exact) mass is 361 g/mol. The molecule has 25 heavy (non-hydrogen) atoms. The summed E-state index contributed by atoms with van der Waals surface area (Å²) >= 11 is 5.91. The van der Waals surface area contributed by atoms with Crippen molar-refractivity contribution in [2.45, 2.75) is 19.1 Å². The first-order valence-corrected chi connectivity index (χ1v) is 8.12. The Morgan fingerprint density at radius 1 is 1.12 bits per heavy atom. The lowest BCUT2D eigenvalue weighted by Gasteiger charge is -2.18. The lowest BCUT2D eigenvalue weighted by Crippen LogP contribution is -2.30. The number of methoxy groups -OCH3 is 2. The van der Waals surface area contributed by atoms with Gasteiger partial charge >= 0.3 is 5.97 Å². The third-order valence-corrected chi connectivity index (χ3v) is 3.93. The molecule has 0 aromatic heterocycles. The normalized spacial score (nSPS) is 11.6. The summed E-state index contributed by atoms with van der Waals surface area (Å²) in [5.41, 5.74) is 2.17. The van der Waals surface area contributed by atoms with E-state index in [1.54, 1.807) is 49.6 Å². The number of amides is 1. The number of nitrogens with one attached hydrogen (secondary N) is 1. The van der Waals surface area contributed by atoms with Crippen LogP contribution in [0.1, 0.15) is 33.9 Å². The van der Waals surface area contributed by atoms with Crippen molar-refractivity contribution in [1.82, 2.24) is 5.32 Å². The highest BCUT2D eigenvalue weighted by Crippen LogP contribution is 2.21. The quantitative estimate of drug-likeness (QED) is 0.766. The first-order chi connectivity index (χ1) is 12.0. The number of ether oxygens (including phenoxy) is 2. The Labute approximate surface area is 151 Å². The van der Waals surface area contributed by atoms with Gasteiger partial charge in [-0.25, -0.2) is 0 Å². The molecule has 0 fully saturated rings. The van der Waals surface area contributed by atoms with E-state index in [9.17, 15) is 9.59 Å². The van der Waals surface area contributed by atoms with E-state index in [-0.39, 0.29) is 12.3 Å². The van der Waals surface area contributed by atoms with Crippen molar-refractivity contribution in [3.8, 4) is 0 Å². The van der Waals surface area contributed by atoms with Gasteiger partial charge in [0, 0.05) is 17.7 Å². The van der Waals surface area contributed by atoms with E-state index in [4.69, 9.17) is 21.1 Å². The maximum Gasteiger partial charge on any atom is 0.307 e. The van der Waals surface area contributed by atoms with Crippen LogP contribution in [0.15, 0.2) is 48.5 Å². The lowest BCUT2D eigenvalue weighted by molar-refractivity contribution is -0.141. The molecule has 0 spiro atoms. The SMILES string of the molecule is COCc1cccc(C(=O)NC(CC(=O)OC)c2ccc(Cl)cc2)c1. The minimum atomic E-state index is -0.511. The van der Waals surface area contributed by atoms with Gasteiger partial charge in [-0.1, -0.05) is 35.9 Å². The molecule has 6 heteroatoms. The van der Waals surface area contributed by atoms with Crippen LogP contribution in [0.2, 0.25) is 5.02 Å². The fraction of sp³-hybridized carbons (Fsp3) is 0.263. The molecule has 2 aromatic rings. The third kappa shape index (κ3) is 5.59. The smallest absolute Gasteiger partial charge is 0.307 e. The fourth-order valence-corrected chi connectivity index (χ4v) is 2.53. The summed E-state index contributed by atoms with van der Waals surface area (Å²) in [5, 5.41) is 3.46. The van der Waals surface area contributed by atoms with Crippen LogP contribution in [0.25, 0.3) is 0 Å². The van der Waals surface area contributed by atoms with Gasteiger partial charge in [0.05, 0.1) is 26.2 Å². The summed E-state index contributed by atoms with van der Waals surface area (Å²) in [7, 11) is 2.91. The number of carbonyl (C=O) groups is 2. The summed E-state index contributed by atoms with van der Waals surface area (Å²) in [6.45, 7) is 0.421. The zero-order chi connectivity index (χ0) is 18.2. The Morgan fingerprint density at radius 2 is 1.84 bits per heavy atom. The number of hydrogen-bond donors (Lipinski definition) is 1. The second-order valence-electron chi connectivity index (χ2n) is 5.49. The number of benzene rings is 2. The molecule has 0 saturated heterocycles. The van der Waals surface area contributed by atoms with Gasteiger partial charge in [-0.2, -0.15) is 0 Å². The number of esters is 1. The average molecular weight is 362 g/mol. The molecule has 0 aliphatic heterocycles. The van der Waals surface area contributed by atoms with E-state index in [0.717, 1.165) is 11.1 Å². The van der Waals surface area contributed by atoms with E-state index in [1.807, 2.05) is 6.07 Å². The molecule has 0 radical (unpaired) electrons. The highest BCUT2D eigenvalue weighted by Gasteiger charge is 2.20. The van der Waals surface area contributed by atoms with E-state index in [0.29, 0.717) is 17.2 Å². The molecule has 132 valence electrons. The van der Waals surface area contributed by atoms with Crippen LogP contribution in [-0.4, -0.2) is 26.1 Å². The Balaban J connectivity index is 2.20. The van der Waals surface area contributed by atoms with Crippen LogP contribution in [0.4, 0.5) is 0 Å². The maximum absolute atomic E-state index is 12.6. The topological polar surface area (TPSA) is 64.6 Å². The summed E-state index contributed by atoms with van der Waals surface area (Å²) in [4.78, 5) is 24.3.